The molecule has 1 unspecified atom stereocenters. The van der Waals surface area contributed by atoms with Crippen molar-refractivity contribution in [1.82, 2.24) is 0 Å². The van der Waals surface area contributed by atoms with Crippen LogP contribution in [0.5, 0.6) is 5.75 Å². The quantitative estimate of drug-likeness (QED) is 0.909. The van der Waals surface area contributed by atoms with Crippen molar-refractivity contribution < 1.29 is 9.84 Å². The van der Waals surface area contributed by atoms with Gasteiger partial charge >= 0.3 is 0 Å². The molecule has 1 N–H and O–H groups in total. The third-order valence-electron chi connectivity index (χ3n) is 3.17. The molecule has 0 amide bonds. The van der Waals surface area contributed by atoms with Gasteiger partial charge in [0.15, 0.2) is 0 Å². The van der Waals surface area contributed by atoms with Crippen LogP contribution in [0.4, 0.5) is 0 Å². The number of ether oxygens (including phenoxy) is 1. The number of hydrogen-bond acceptors (Lipinski definition) is 3. The number of aliphatic hydroxyl groups excluding tert-OH is 1. The molecule has 0 radical (unpaired) electrons. The predicted molar refractivity (Wildman–Crippen MR) is 78.2 cm³/mol. The maximum Gasteiger partial charge on any atom is 0.120 e. The van der Waals surface area contributed by atoms with Crippen LogP contribution in [0.1, 0.15) is 34.9 Å². The van der Waals surface area contributed by atoms with Gasteiger partial charge in [-0.1, -0.05) is 23.7 Å². The van der Waals surface area contributed by atoms with Crippen LogP contribution >= 0.6 is 22.9 Å². The van der Waals surface area contributed by atoms with Gasteiger partial charge in [0.2, 0.25) is 0 Å². The molecule has 1 saturated carbocycles. The van der Waals surface area contributed by atoms with Gasteiger partial charge in [-0.3, -0.25) is 0 Å². The first-order chi connectivity index (χ1) is 9.15. The number of aryl methyl sites for hydroxylation is 1. The highest BCUT2D eigenvalue weighted by Gasteiger charge is 2.24. The fourth-order valence-electron chi connectivity index (χ4n) is 1.92. The van der Waals surface area contributed by atoms with Gasteiger partial charge in [0.25, 0.3) is 0 Å². The monoisotopic (exact) mass is 294 g/mol. The molecule has 0 saturated heterocycles. The molecule has 0 aliphatic heterocycles. The van der Waals surface area contributed by atoms with Crippen LogP contribution in [0.2, 0.25) is 5.02 Å². The topological polar surface area (TPSA) is 29.5 Å². The lowest BCUT2D eigenvalue weighted by atomic mass is 10.1. The Kier molecular flexibility index (Phi) is 3.52. The maximum absolute atomic E-state index is 10.4. The van der Waals surface area contributed by atoms with E-state index >= 15 is 0 Å². The first-order valence-electron chi connectivity index (χ1n) is 6.33. The van der Waals surface area contributed by atoms with E-state index < -0.39 is 6.10 Å². The van der Waals surface area contributed by atoms with Gasteiger partial charge in [0.1, 0.15) is 11.9 Å². The zero-order valence-corrected chi connectivity index (χ0v) is 12.2. The first kappa shape index (κ1) is 13.0. The Morgan fingerprint density at radius 1 is 1.42 bits per heavy atom. The Hall–Kier alpha value is -1.03. The van der Waals surface area contributed by atoms with Gasteiger partial charge in [-0.2, -0.15) is 0 Å². The second kappa shape index (κ2) is 5.16. The van der Waals surface area contributed by atoms with E-state index in [9.17, 15) is 5.11 Å². The van der Waals surface area contributed by atoms with E-state index in [1.54, 1.807) is 0 Å². The number of aliphatic hydroxyl groups is 1. The van der Waals surface area contributed by atoms with Crippen LogP contribution < -0.4 is 4.74 Å². The van der Waals surface area contributed by atoms with Crippen LogP contribution in [0.15, 0.2) is 29.6 Å². The average Bonchev–Trinajstić information content (AvgIpc) is 3.16. The highest BCUT2D eigenvalue weighted by Crippen LogP contribution is 2.37. The Bertz CT molecular complexity index is 590. The fraction of sp³-hybridized carbons (Fsp3) is 0.333. The number of halogens is 1. The molecule has 1 atom stereocenters. The third-order valence-corrected chi connectivity index (χ3v) is 4.94. The van der Waals surface area contributed by atoms with Gasteiger partial charge in [-0.25, -0.2) is 0 Å². The Balaban J connectivity index is 1.86. The third kappa shape index (κ3) is 2.78. The number of benzene rings is 1. The SMILES string of the molecule is Cc1csc(C(O)c2cccc(OC3CC3)c2)c1Cl. The molecule has 2 nitrogen and oxygen atoms in total. The Labute approximate surface area is 121 Å². The molecule has 3 rings (SSSR count). The van der Waals surface area contributed by atoms with Crippen LogP contribution in [0.3, 0.4) is 0 Å². The molecule has 100 valence electrons. The molecule has 1 aromatic carbocycles. The second-order valence-electron chi connectivity index (χ2n) is 4.89. The summed E-state index contributed by atoms with van der Waals surface area (Å²) in [5.41, 5.74) is 1.83. The Morgan fingerprint density at radius 3 is 2.84 bits per heavy atom. The molecular formula is C15H15ClO2S. The van der Waals surface area contributed by atoms with Gasteiger partial charge < -0.3 is 9.84 Å². The summed E-state index contributed by atoms with van der Waals surface area (Å²) in [6, 6.07) is 7.63. The molecule has 1 fully saturated rings. The summed E-state index contributed by atoms with van der Waals surface area (Å²) in [7, 11) is 0. The first-order valence-corrected chi connectivity index (χ1v) is 7.59. The maximum atomic E-state index is 10.4. The van der Waals surface area contributed by atoms with Crippen LogP contribution in [0, 0.1) is 6.92 Å². The van der Waals surface area contributed by atoms with E-state index in [2.05, 4.69) is 0 Å². The highest BCUT2D eigenvalue weighted by molar-refractivity contribution is 7.10. The lowest BCUT2D eigenvalue weighted by molar-refractivity contribution is 0.223. The molecule has 1 heterocycles. The van der Waals surface area contributed by atoms with Crippen molar-refractivity contribution in [3.63, 3.8) is 0 Å². The summed E-state index contributed by atoms with van der Waals surface area (Å²) in [6.45, 7) is 1.95. The van der Waals surface area contributed by atoms with Crippen LogP contribution in [-0.2, 0) is 0 Å². The standard InChI is InChI=1S/C15H15ClO2S/c1-9-8-19-15(13(9)16)14(17)10-3-2-4-12(7-10)18-11-5-6-11/h2-4,7-8,11,14,17H,5-6H2,1H3. The summed E-state index contributed by atoms with van der Waals surface area (Å²) >= 11 is 7.70. The predicted octanol–water partition coefficient (Wildman–Crippen LogP) is 4.33. The molecule has 1 aliphatic rings. The van der Waals surface area contributed by atoms with Gasteiger partial charge in [0.05, 0.1) is 16.0 Å². The number of thiophene rings is 1. The summed E-state index contributed by atoms with van der Waals surface area (Å²) in [4.78, 5) is 0.794. The van der Waals surface area contributed by atoms with Crippen molar-refractivity contribution in [2.45, 2.75) is 32.0 Å². The summed E-state index contributed by atoms with van der Waals surface area (Å²) in [6.07, 6.45) is 1.93. The van der Waals surface area contributed by atoms with Crippen molar-refractivity contribution in [1.29, 1.82) is 0 Å². The van der Waals surface area contributed by atoms with Gasteiger partial charge in [-0.15, -0.1) is 11.3 Å². The van der Waals surface area contributed by atoms with Crippen molar-refractivity contribution in [2.75, 3.05) is 0 Å². The van der Waals surface area contributed by atoms with Crippen LogP contribution in [-0.4, -0.2) is 11.2 Å². The number of hydrogen-bond donors (Lipinski definition) is 1. The minimum absolute atomic E-state index is 0.361. The van der Waals surface area contributed by atoms with E-state index in [1.807, 2.05) is 36.6 Å². The van der Waals surface area contributed by atoms with E-state index in [0.29, 0.717) is 11.1 Å². The fourth-order valence-corrected chi connectivity index (χ4v) is 3.23. The summed E-state index contributed by atoms with van der Waals surface area (Å²) in [5, 5.41) is 13.1. The van der Waals surface area contributed by atoms with E-state index in [-0.39, 0.29) is 0 Å². The Morgan fingerprint density at radius 2 is 2.21 bits per heavy atom. The van der Waals surface area contributed by atoms with E-state index in [4.69, 9.17) is 16.3 Å². The lowest BCUT2D eigenvalue weighted by Gasteiger charge is -2.12. The molecule has 4 heteroatoms. The highest BCUT2D eigenvalue weighted by atomic mass is 35.5. The van der Waals surface area contributed by atoms with Crippen LogP contribution in [0.25, 0.3) is 0 Å². The minimum atomic E-state index is -0.686. The second-order valence-corrected chi connectivity index (χ2v) is 6.18. The molecule has 2 aromatic rings. The molecule has 1 aliphatic carbocycles. The molecule has 0 bridgehead atoms. The van der Waals surface area contributed by atoms with Crippen molar-refractivity contribution >= 4 is 22.9 Å². The van der Waals surface area contributed by atoms with Crippen molar-refractivity contribution in [3.05, 3.63) is 50.7 Å². The number of rotatable bonds is 4. The largest absolute Gasteiger partial charge is 0.490 e. The zero-order chi connectivity index (χ0) is 13.4. The molecular weight excluding hydrogens is 280 g/mol. The van der Waals surface area contributed by atoms with E-state index in [1.165, 1.54) is 11.3 Å². The average molecular weight is 295 g/mol. The molecule has 1 aromatic heterocycles. The summed E-state index contributed by atoms with van der Waals surface area (Å²) < 4.78 is 5.75. The lowest BCUT2D eigenvalue weighted by Crippen LogP contribution is -2.00. The zero-order valence-electron chi connectivity index (χ0n) is 10.6. The molecule has 0 spiro atoms. The smallest absolute Gasteiger partial charge is 0.120 e. The molecule has 19 heavy (non-hydrogen) atoms. The van der Waals surface area contributed by atoms with Crippen molar-refractivity contribution in [2.24, 2.45) is 0 Å². The normalized spacial score (nSPS) is 16.4. The van der Waals surface area contributed by atoms with Gasteiger partial charge in [0, 0.05) is 0 Å². The summed E-state index contributed by atoms with van der Waals surface area (Å²) in [5.74, 6) is 0.823. The minimum Gasteiger partial charge on any atom is -0.490 e. The van der Waals surface area contributed by atoms with Gasteiger partial charge in [-0.05, 0) is 48.4 Å². The van der Waals surface area contributed by atoms with Crippen molar-refractivity contribution in [3.8, 4) is 5.75 Å². The van der Waals surface area contributed by atoms with E-state index in [0.717, 1.165) is 34.6 Å².